The minimum Gasteiger partial charge on any atom is -0.347 e. The largest absolute Gasteiger partial charge is 0.347 e. The van der Waals surface area contributed by atoms with E-state index in [-0.39, 0.29) is 18.4 Å². The molecule has 2 amide bonds. The first-order chi connectivity index (χ1) is 13.6. The number of hydrogen-bond acceptors (Lipinski definition) is 4. The first kappa shape index (κ1) is 17.9. The fraction of sp³-hybridized carbons (Fsp3) is 0.238. The highest BCUT2D eigenvalue weighted by molar-refractivity contribution is 5.90. The third kappa shape index (κ3) is 3.78. The summed E-state index contributed by atoms with van der Waals surface area (Å²) >= 11 is 0. The molecule has 0 bridgehead atoms. The Morgan fingerprint density at radius 2 is 2.04 bits per heavy atom. The molecule has 7 heteroatoms. The molecule has 1 aliphatic rings. The Balaban J connectivity index is 1.59. The van der Waals surface area contributed by atoms with Gasteiger partial charge in [0.05, 0.1) is 23.6 Å². The topological polar surface area (TPSA) is 99.8 Å². The third-order valence-corrected chi connectivity index (χ3v) is 4.74. The molecular weight excluding hydrogens is 354 g/mol. The van der Waals surface area contributed by atoms with Gasteiger partial charge in [0, 0.05) is 18.2 Å². The Labute approximate surface area is 162 Å². The van der Waals surface area contributed by atoms with E-state index in [9.17, 15) is 9.59 Å². The van der Waals surface area contributed by atoms with Crippen LogP contribution in [0.25, 0.3) is 22.6 Å². The predicted molar refractivity (Wildman–Crippen MR) is 105 cm³/mol. The van der Waals surface area contributed by atoms with Crippen LogP contribution in [-0.4, -0.2) is 32.8 Å². The minimum atomic E-state index is -0.464. The van der Waals surface area contributed by atoms with Gasteiger partial charge in [0.2, 0.25) is 11.8 Å². The second kappa shape index (κ2) is 7.64. The molecule has 1 fully saturated rings. The summed E-state index contributed by atoms with van der Waals surface area (Å²) in [6.07, 6.45) is 2.65. The smallest absolute Gasteiger partial charge is 0.242 e. The standard InChI is InChI=1S/C21H21N5O2/c1-13-5-7-14(8-6-13)19-20(15-4-2-3-11-22-15)26-17(25-19)12-23-21(28)16-9-10-18(27)24-16/h2-8,11,16H,9-10,12H2,1H3,(H,23,28)(H,24,27)(H,25,26)/t16-/m1/s1. The number of carbonyl (C=O) groups is 2. The van der Waals surface area contributed by atoms with Crippen LogP contribution in [0.1, 0.15) is 24.2 Å². The van der Waals surface area contributed by atoms with Gasteiger partial charge in [0.25, 0.3) is 0 Å². The molecule has 1 aliphatic heterocycles. The highest BCUT2D eigenvalue weighted by atomic mass is 16.2. The first-order valence-corrected chi connectivity index (χ1v) is 9.24. The lowest BCUT2D eigenvalue weighted by Gasteiger charge is -2.09. The van der Waals surface area contributed by atoms with Gasteiger partial charge >= 0.3 is 0 Å². The molecule has 28 heavy (non-hydrogen) atoms. The Morgan fingerprint density at radius 1 is 1.21 bits per heavy atom. The number of nitrogens with zero attached hydrogens (tertiary/aromatic N) is 2. The molecule has 3 N–H and O–H groups in total. The van der Waals surface area contributed by atoms with Gasteiger partial charge < -0.3 is 15.6 Å². The van der Waals surface area contributed by atoms with Gasteiger partial charge in [-0.1, -0.05) is 35.9 Å². The van der Waals surface area contributed by atoms with E-state index in [1.54, 1.807) is 6.20 Å². The van der Waals surface area contributed by atoms with Crippen molar-refractivity contribution in [2.75, 3.05) is 0 Å². The number of H-pyrrole nitrogens is 1. The second-order valence-electron chi connectivity index (χ2n) is 6.86. The molecule has 1 atom stereocenters. The molecule has 2 aromatic heterocycles. The van der Waals surface area contributed by atoms with Crippen molar-refractivity contribution in [2.24, 2.45) is 0 Å². The van der Waals surface area contributed by atoms with E-state index < -0.39 is 6.04 Å². The Hall–Kier alpha value is -3.48. The van der Waals surface area contributed by atoms with Crippen LogP contribution >= 0.6 is 0 Å². The number of pyridine rings is 1. The Bertz CT molecular complexity index is 995. The molecule has 3 heterocycles. The first-order valence-electron chi connectivity index (χ1n) is 9.24. The van der Waals surface area contributed by atoms with Gasteiger partial charge in [-0.25, -0.2) is 4.98 Å². The minimum absolute atomic E-state index is 0.0859. The summed E-state index contributed by atoms with van der Waals surface area (Å²) in [6.45, 7) is 2.29. The maximum atomic E-state index is 12.3. The summed E-state index contributed by atoms with van der Waals surface area (Å²) in [5.41, 5.74) is 4.53. The molecule has 3 aromatic rings. The number of carbonyl (C=O) groups excluding carboxylic acids is 2. The van der Waals surface area contributed by atoms with Crippen LogP contribution < -0.4 is 10.6 Å². The quantitative estimate of drug-likeness (QED) is 0.637. The Morgan fingerprint density at radius 3 is 2.71 bits per heavy atom. The van der Waals surface area contributed by atoms with Crippen LogP contribution in [-0.2, 0) is 16.1 Å². The van der Waals surface area contributed by atoms with E-state index in [2.05, 4.69) is 20.6 Å². The van der Waals surface area contributed by atoms with Gasteiger partial charge in [-0.05, 0) is 25.5 Å². The number of aromatic amines is 1. The van der Waals surface area contributed by atoms with E-state index in [1.807, 2.05) is 49.4 Å². The molecule has 142 valence electrons. The zero-order valence-electron chi connectivity index (χ0n) is 15.5. The van der Waals surface area contributed by atoms with Crippen molar-refractivity contribution in [1.29, 1.82) is 0 Å². The van der Waals surface area contributed by atoms with Crippen molar-refractivity contribution in [1.82, 2.24) is 25.6 Å². The molecule has 0 unspecified atom stereocenters. The van der Waals surface area contributed by atoms with Crippen molar-refractivity contribution >= 4 is 11.8 Å². The predicted octanol–water partition coefficient (Wildman–Crippen LogP) is 2.34. The third-order valence-electron chi connectivity index (χ3n) is 4.74. The van der Waals surface area contributed by atoms with Gasteiger partial charge in [-0.3, -0.25) is 14.6 Å². The van der Waals surface area contributed by atoms with Crippen LogP contribution in [0.3, 0.4) is 0 Å². The van der Waals surface area contributed by atoms with Gasteiger partial charge in [-0.15, -0.1) is 0 Å². The van der Waals surface area contributed by atoms with E-state index >= 15 is 0 Å². The fourth-order valence-corrected chi connectivity index (χ4v) is 3.23. The van der Waals surface area contributed by atoms with E-state index in [0.717, 1.165) is 22.6 Å². The lowest BCUT2D eigenvalue weighted by Crippen LogP contribution is -2.41. The summed E-state index contributed by atoms with van der Waals surface area (Å²) in [6, 6.07) is 13.4. The SMILES string of the molecule is Cc1ccc(-c2nc(CNC(=O)[C@H]3CCC(=O)N3)[nH]c2-c2ccccn2)cc1. The monoisotopic (exact) mass is 375 g/mol. The van der Waals surface area contributed by atoms with E-state index in [0.29, 0.717) is 18.7 Å². The zero-order valence-corrected chi connectivity index (χ0v) is 15.5. The van der Waals surface area contributed by atoms with E-state index in [1.165, 1.54) is 5.56 Å². The molecule has 0 radical (unpaired) electrons. The van der Waals surface area contributed by atoms with Crippen molar-refractivity contribution < 1.29 is 9.59 Å². The number of hydrogen-bond donors (Lipinski definition) is 3. The maximum Gasteiger partial charge on any atom is 0.242 e. The summed E-state index contributed by atoms with van der Waals surface area (Å²) in [5.74, 6) is 0.352. The highest BCUT2D eigenvalue weighted by Crippen LogP contribution is 2.29. The van der Waals surface area contributed by atoms with Gasteiger partial charge in [0.15, 0.2) is 0 Å². The number of amides is 2. The summed E-state index contributed by atoms with van der Waals surface area (Å²) in [7, 11) is 0. The normalized spacial score (nSPS) is 16.0. The molecule has 0 spiro atoms. The second-order valence-corrected chi connectivity index (χ2v) is 6.86. The molecule has 0 saturated carbocycles. The number of imidazole rings is 1. The summed E-state index contributed by atoms with van der Waals surface area (Å²) in [4.78, 5) is 36.0. The average Bonchev–Trinajstić information content (AvgIpc) is 3.34. The molecular formula is C21H21N5O2. The number of nitrogens with one attached hydrogen (secondary N) is 3. The highest BCUT2D eigenvalue weighted by Gasteiger charge is 2.27. The zero-order chi connectivity index (χ0) is 19.5. The molecule has 4 rings (SSSR count). The van der Waals surface area contributed by atoms with Crippen LogP contribution in [0.4, 0.5) is 0 Å². The molecule has 1 saturated heterocycles. The van der Waals surface area contributed by atoms with Gasteiger partial charge in [-0.2, -0.15) is 0 Å². The number of rotatable bonds is 5. The molecule has 1 aromatic carbocycles. The number of benzene rings is 1. The van der Waals surface area contributed by atoms with Crippen LogP contribution in [0.5, 0.6) is 0 Å². The van der Waals surface area contributed by atoms with E-state index in [4.69, 9.17) is 4.98 Å². The van der Waals surface area contributed by atoms with Crippen LogP contribution in [0.2, 0.25) is 0 Å². The van der Waals surface area contributed by atoms with Crippen molar-refractivity contribution in [2.45, 2.75) is 32.4 Å². The van der Waals surface area contributed by atoms with Gasteiger partial charge in [0.1, 0.15) is 11.9 Å². The van der Waals surface area contributed by atoms with Crippen molar-refractivity contribution in [3.05, 3.63) is 60.0 Å². The lowest BCUT2D eigenvalue weighted by molar-refractivity contribution is -0.125. The summed E-state index contributed by atoms with van der Waals surface area (Å²) in [5, 5.41) is 5.52. The number of aryl methyl sites for hydroxylation is 1. The molecule has 7 nitrogen and oxygen atoms in total. The fourth-order valence-electron chi connectivity index (χ4n) is 3.23. The number of aromatic nitrogens is 3. The van der Waals surface area contributed by atoms with Crippen LogP contribution in [0, 0.1) is 6.92 Å². The average molecular weight is 375 g/mol. The summed E-state index contributed by atoms with van der Waals surface area (Å²) < 4.78 is 0. The maximum absolute atomic E-state index is 12.3. The lowest BCUT2D eigenvalue weighted by atomic mass is 10.1. The molecule has 0 aliphatic carbocycles. The van der Waals surface area contributed by atoms with Crippen LogP contribution in [0.15, 0.2) is 48.7 Å². The Kier molecular flexibility index (Phi) is 4.89. The van der Waals surface area contributed by atoms with Crippen molar-refractivity contribution in [3.8, 4) is 22.6 Å². The van der Waals surface area contributed by atoms with Crippen molar-refractivity contribution in [3.63, 3.8) is 0 Å².